The van der Waals surface area contributed by atoms with Gasteiger partial charge in [-0.15, -0.1) is 0 Å². The molecule has 1 heterocycles. The lowest BCUT2D eigenvalue weighted by atomic mass is 10.1. The molecule has 0 bridgehead atoms. The Bertz CT molecular complexity index is 737. The lowest BCUT2D eigenvalue weighted by molar-refractivity contribution is 0.972. The third-order valence-corrected chi connectivity index (χ3v) is 3.86. The normalized spacial score (nSPS) is 11.1. The highest BCUT2D eigenvalue weighted by atomic mass is 79.9. The second-order valence-corrected chi connectivity index (χ2v) is 5.45. The zero-order valence-electron chi connectivity index (χ0n) is 10.8. The maximum Gasteiger partial charge on any atom is 0.126 e. The fourth-order valence-electron chi connectivity index (χ4n) is 2.27. The number of rotatable bonds is 3. The van der Waals surface area contributed by atoms with Crippen molar-refractivity contribution in [3.05, 3.63) is 46.9 Å². The number of nitrogens with one attached hydrogen (secondary N) is 1. The van der Waals surface area contributed by atoms with Gasteiger partial charge in [-0.3, -0.25) is 0 Å². The van der Waals surface area contributed by atoms with Gasteiger partial charge >= 0.3 is 0 Å². The van der Waals surface area contributed by atoms with Crippen LogP contribution in [0.2, 0.25) is 0 Å². The van der Waals surface area contributed by atoms with E-state index in [0.29, 0.717) is 0 Å². The number of hydrogen-bond acceptors (Lipinski definition) is 2. The van der Waals surface area contributed by atoms with Crippen LogP contribution >= 0.6 is 15.9 Å². The molecule has 1 N–H and O–H groups in total. The van der Waals surface area contributed by atoms with Crippen molar-refractivity contribution in [2.24, 2.45) is 0 Å². The van der Waals surface area contributed by atoms with Crippen LogP contribution in [-0.4, -0.2) is 11.5 Å². The van der Waals surface area contributed by atoms with Gasteiger partial charge in [-0.2, -0.15) is 0 Å². The Morgan fingerprint density at radius 3 is 2.68 bits per heavy atom. The van der Waals surface area contributed by atoms with Gasteiger partial charge in [0.1, 0.15) is 5.82 Å². The molecule has 0 saturated carbocycles. The van der Waals surface area contributed by atoms with E-state index < -0.39 is 0 Å². The van der Waals surface area contributed by atoms with Gasteiger partial charge in [0.25, 0.3) is 0 Å². The van der Waals surface area contributed by atoms with Gasteiger partial charge in [-0.1, -0.05) is 47.1 Å². The predicted octanol–water partition coefficient (Wildman–Crippen LogP) is 4.97. The number of fused-ring (bicyclic) bond motifs is 3. The SMILES string of the molecule is CCCNc1ccc2cc(Br)c3ccccc3c2n1. The first kappa shape index (κ1) is 12.4. The van der Waals surface area contributed by atoms with Crippen molar-refractivity contribution in [3.8, 4) is 0 Å². The summed E-state index contributed by atoms with van der Waals surface area (Å²) in [5, 5.41) is 6.89. The molecule has 2 aromatic carbocycles. The van der Waals surface area contributed by atoms with Gasteiger partial charge in [0.2, 0.25) is 0 Å². The minimum atomic E-state index is 0.946. The molecule has 3 rings (SSSR count). The van der Waals surface area contributed by atoms with E-state index in [1.807, 2.05) is 6.07 Å². The van der Waals surface area contributed by atoms with E-state index in [9.17, 15) is 0 Å². The Morgan fingerprint density at radius 2 is 1.89 bits per heavy atom. The highest BCUT2D eigenvalue weighted by Crippen LogP contribution is 2.31. The van der Waals surface area contributed by atoms with E-state index in [4.69, 9.17) is 4.98 Å². The second-order valence-electron chi connectivity index (χ2n) is 4.60. The van der Waals surface area contributed by atoms with Gasteiger partial charge in [0.05, 0.1) is 5.52 Å². The van der Waals surface area contributed by atoms with E-state index in [-0.39, 0.29) is 0 Å². The molecular weight excluding hydrogens is 300 g/mol. The average Bonchev–Trinajstić information content (AvgIpc) is 2.46. The van der Waals surface area contributed by atoms with Gasteiger partial charge in [-0.05, 0) is 30.0 Å². The van der Waals surface area contributed by atoms with Crippen LogP contribution in [0, 0.1) is 0 Å². The molecule has 3 aromatic rings. The first-order valence-corrected chi connectivity index (χ1v) is 7.31. The van der Waals surface area contributed by atoms with E-state index in [2.05, 4.69) is 64.6 Å². The van der Waals surface area contributed by atoms with E-state index in [0.717, 1.165) is 34.2 Å². The fraction of sp³-hybridized carbons (Fsp3) is 0.188. The third kappa shape index (κ3) is 2.30. The van der Waals surface area contributed by atoms with Crippen molar-refractivity contribution >= 4 is 43.4 Å². The summed E-state index contributed by atoms with van der Waals surface area (Å²) in [5.41, 5.74) is 1.06. The summed E-state index contributed by atoms with van der Waals surface area (Å²) >= 11 is 3.64. The lowest BCUT2D eigenvalue weighted by Gasteiger charge is -2.09. The Hall–Kier alpha value is -1.61. The largest absolute Gasteiger partial charge is 0.370 e. The van der Waals surface area contributed by atoms with Crippen LogP contribution in [0.5, 0.6) is 0 Å². The Kier molecular flexibility index (Phi) is 3.38. The van der Waals surface area contributed by atoms with Gasteiger partial charge in [0.15, 0.2) is 0 Å². The Balaban J connectivity index is 2.25. The number of pyridine rings is 1. The first-order valence-electron chi connectivity index (χ1n) is 6.51. The summed E-state index contributed by atoms with van der Waals surface area (Å²) in [5.74, 6) is 0.946. The molecule has 0 atom stereocenters. The monoisotopic (exact) mass is 314 g/mol. The summed E-state index contributed by atoms with van der Waals surface area (Å²) in [7, 11) is 0. The number of halogens is 1. The van der Waals surface area contributed by atoms with Gasteiger partial charge in [0, 0.05) is 21.8 Å². The zero-order chi connectivity index (χ0) is 13.2. The molecule has 0 aliphatic carbocycles. The summed E-state index contributed by atoms with van der Waals surface area (Å²) in [6.07, 6.45) is 1.10. The molecule has 0 radical (unpaired) electrons. The predicted molar refractivity (Wildman–Crippen MR) is 85.7 cm³/mol. The molecule has 0 spiro atoms. The van der Waals surface area contributed by atoms with Gasteiger partial charge in [-0.25, -0.2) is 4.98 Å². The molecule has 96 valence electrons. The van der Waals surface area contributed by atoms with Crippen molar-refractivity contribution in [2.45, 2.75) is 13.3 Å². The molecule has 19 heavy (non-hydrogen) atoms. The number of hydrogen-bond donors (Lipinski definition) is 1. The number of benzene rings is 2. The van der Waals surface area contributed by atoms with Crippen LogP contribution in [0.1, 0.15) is 13.3 Å². The smallest absolute Gasteiger partial charge is 0.126 e. The van der Waals surface area contributed by atoms with E-state index in [1.165, 1.54) is 10.8 Å². The topological polar surface area (TPSA) is 24.9 Å². The fourth-order valence-corrected chi connectivity index (χ4v) is 2.86. The molecule has 0 unspecified atom stereocenters. The van der Waals surface area contributed by atoms with Crippen molar-refractivity contribution in [3.63, 3.8) is 0 Å². The van der Waals surface area contributed by atoms with Gasteiger partial charge < -0.3 is 5.32 Å². The lowest BCUT2D eigenvalue weighted by Crippen LogP contribution is -2.01. The molecule has 3 heteroatoms. The van der Waals surface area contributed by atoms with Crippen molar-refractivity contribution in [1.82, 2.24) is 4.98 Å². The molecule has 0 fully saturated rings. The standard InChI is InChI=1S/C16H15BrN2/c1-2-9-18-15-8-7-11-10-14(17)12-5-3-4-6-13(12)16(11)19-15/h3-8,10H,2,9H2,1H3,(H,18,19). The molecule has 0 aliphatic heterocycles. The van der Waals surface area contributed by atoms with E-state index >= 15 is 0 Å². The number of nitrogens with zero attached hydrogens (tertiary/aromatic N) is 1. The molecule has 1 aromatic heterocycles. The Labute approximate surface area is 121 Å². The highest BCUT2D eigenvalue weighted by Gasteiger charge is 2.06. The Morgan fingerprint density at radius 1 is 1.11 bits per heavy atom. The van der Waals surface area contributed by atoms with Crippen LogP contribution in [0.3, 0.4) is 0 Å². The minimum Gasteiger partial charge on any atom is -0.370 e. The molecule has 2 nitrogen and oxygen atoms in total. The van der Waals surface area contributed by atoms with Crippen molar-refractivity contribution in [1.29, 1.82) is 0 Å². The molecule has 0 aliphatic rings. The van der Waals surface area contributed by atoms with E-state index in [1.54, 1.807) is 0 Å². The van der Waals surface area contributed by atoms with Crippen LogP contribution in [0.25, 0.3) is 21.7 Å². The summed E-state index contributed by atoms with van der Waals surface area (Å²) < 4.78 is 1.12. The number of anilines is 1. The maximum atomic E-state index is 4.75. The molecule has 0 saturated heterocycles. The molecule has 0 amide bonds. The molecular formula is C16H15BrN2. The highest BCUT2D eigenvalue weighted by molar-refractivity contribution is 9.10. The zero-order valence-corrected chi connectivity index (χ0v) is 12.4. The van der Waals surface area contributed by atoms with Crippen LogP contribution < -0.4 is 5.32 Å². The van der Waals surface area contributed by atoms with Crippen LogP contribution in [0.4, 0.5) is 5.82 Å². The third-order valence-electron chi connectivity index (χ3n) is 3.20. The summed E-state index contributed by atoms with van der Waals surface area (Å²) in [6.45, 7) is 3.10. The quantitative estimate of drug-likeness (QED) is 0.690. The van der Waals surface area contributed by atoms with Crippen molar-refractivity contribution in [2.75, 3.05) is 11.9 Å². The van der Waals surface area contributed by atoms with Crippen molar-refractivity contribution < 1.29 is 0 Å². The maximum absolute atomic E-state index is 4.75. The second kappa shape index (κ2) is 5.17. The summed E-state index contributed by atoms with van der Waals surface area (Å²) in [6, 6.07) is 14.6. The van der Waals surface area contributed by atoms with Crippen LogP contribution in [0.15, 0.2) is 46.9 Å². The summed E-state index contributed by atoms with van der Waals surface area (Å²) in [4.78, 5) is 4.75. The van der Waals surface area contributed by atoms with Crippen LogP contribution in [-0.2, 0) is 0 Å². The minimum absolute atomic E-state index is 0.946. The first-order chi connectivity index (χ1) is 9.29. The average molecular weight is 315 g/mol. The number of aromatic nitrogens is 1.